The zero-order valence-electron chi connectivity index (χ0n) is 11.0. The summed E-state index contributed by atoms with van der Waals surface area (Å²) in [6, 6.07) is 6.60. The third-order valence-corrected chi connectivity index (χ3v) is 2.81. The third kappa shape index (κ3) is 4.44. The third-order valence-electron chi connectivity index (χ3n) is 2.81. The van der Waals surface area contributed by atoms with Crippen LogP contribution in [0.1, 0.15) is 37.0 Å². The Morgan fingerprint density at radius 2 is 2.26 bits per heavy atom. The first-order valence-electron chi connectivity index (χ1n) is 6.45. The minimum Gasteiger partial charge on any atom is -0.339 e. The minimum atomic E-state index is -0.252. The summed E-state index contributed by atoms with van der Waals surface area (Å²) in [7, 11) is 0. The monoisotopic (exact) mass is 263 g/mol. The first-order valence-corrected chi connectivity index (χ1v) is 6.45. The number of nitrogens with zero attached hydrogens (tertiary/aromatic N) is 2. The lowest BCUT2D eigenvalue weighted by atomic mass is 10.1. The Bertz CT molecular complexity index is 525. The van der Waals surface area contributed by atoms with Crippen molar-refractivity contribution < 1.29 is 8.91 Å². The van der Waals surface area contributed by atoms with Crippen LogP contribution >= 0.6 is 0 Å². The van der Waals surface area contributed by atoms with Crippen molar-refractivity contribution in [1.82, 2.24) is 10.1 Å². The van der Waals surface area contributed by atoms with Crippen molar-refractivity contribution >= 4 is 0 Å². The minimum absolute atomic E-state index is 0.190. The van der Waals surface area contributed by atoms with E-state index in [2.05, 4.69) is 10.1 Å². The fourth-order valence-electron chi connectivity index (χ4n) is 1.87. The molecule has 0 aliphatic carbocycles. The molecular formula is C14H18FN3O. The van der Waals surface area contributed by atoms with E-state index in [0.29, 0.717) is 18.1 Å². The van der Waals surface area contributed by atoms with Crippen molar-refractivity contribution in [2.75, 3.05) is 0 Å². The first-order chi connectivity index (χ1) is 9.13. The van der Waals surface area contributed by atoms with E-state index in [-0.39, 0.29) is 11.9 Å². The van der Waals surface area contributed by atoms with Crippen molar-refractivity contribution in [3.05, 3.63) is 47.4 Å². The molecule has 1 atom stereocenters. The molecule has 1 aromatic carbocycles. The number of benzene rings is 1. The van der Waals surface area contributed by atoms with E-state index in [1.165, 1.54) is 12.1 Å². The van der Waals surface area contributed by atoms with Crippen molar-refractivity contribution in [1.29, 1.82) is 0 Å². The number of hydrogen-bond acceptors (Lipinski definition) is 4. The maximum absolute atomic E-state index is 13.0. The molecule has 4 nitrogen and oxygen atoms in total. The standard InChI is InChI=1S/C14H18FN3O/c1-10(16)4-2-7-14-17-13(18-19-14)9-11-5-3-6-12(15)8-11/h3,5-6,8,10H,2,4,7,9,16H2,1H3. The van der Waals surface area contributed by atoms with Crippen LogP contribution in [-0.2, 0) is 12.8 Å². The largest absolute Gasteiger partial charge is 0.339 e. The second kappa shape index (κ2) is 6.43. The van der Waals surface area contributed by atoms with E-state index in [1.54, 1.807) is 6.07 Å². The number of nitrogens with two attached hydrogens (primary N) is 1. The van der Waals surface area contributed by atoms with Crippen LogP contribution in [0, 0.1) is 5.82 Å². The summed E-state index contributed by atoms with van der Waals surface area (Å²) in [5.74, 6) is 0.951. The van der Waals surface area contributed by atoms with Gasteiger partial charge in [-0.05, 0) is 37.5 Å². The van der Waals surface area contributed by atoms with Gasteiger partial charge in [0, 0.05) is 18.9 Å². The lowest BCUT2D eigenvalue weighted by molar-refractivity contribution is 0.368. The molecule has 5 heteroatoms. The molecule has 102 valence electrons. The first kappa shape index (κ1) is 13.7. The van der Waals surface area contributed by atoms with Gasteiger partial charge in [-0.2, -0.15) is 4.98 Å². The molecule has 0 saturated heterocycles. The molecule has 1 unspecified atom stereocenters. The molecule has 0 fully saturated rings. The smallest absolute Gasteiger partial charge is 0.226 e. The summed E-state index contributed by atoms with van der Waals surface area (Å²) in [6.45, 7) is 1.98. The van der Waals surface area contributed by atoms with Gasteiger partial charge in [0.2, 0.25) is 5.89 Å². The normalized spacial score (nSPS) is 12.6. The topological polar surface area (TPSA) is 64.9 Å². The van der Waals surface area contributed by atoms with E-state index in [1.807, 2.05) is 13.0 Å². The summed E-state index contributed by atoms with van der Waals surface area (Å²) in [6.07, 6.45) is 3.08. The molecule has 2 rings (SSSR count). The highest BCUT2D eigenvalue weighted by Gasteiger charge is 2.08. The van der Waals surface area contributed by atoms with Crippen LogP contribution in [-0.4, -0.2) is 16.2 Å². The Hall–Kier alpha value is -1.75. The number of halogens is 1. The lowest BCUT2D eigenvalue weighted by Crippen LogP contribution is -2.14. The van der Waals surface area contributed by atoms with Gasteiger partial charge in [-0.15, -0.1) is 0 Å². The summed E-state index contributed by atoms with van der Waals surface area (Å²) in [5.41, 5.74) is 6.51. The molecular weight excluding hydrogens is 245 g/mol. The number of rotatable bonds is 6. The fraction of sp³-hybridized carbons (Fsp3) is 0.429. The highest BCUT2D eigenvalue weighted by Crippen LogP contribution is 2.10. The predicted octanol–water partition coefficient (Wildman–Crippen LogP) is 2.47. The molecule has 2 N–H and O–H groups in total. The maximum Gasteiger partial charge on any atom is 0.226 e. The van der Waals surface area contributed by atoms with Gasteiger partial charge in [-0.1, -0.05) is 17.3 Å². The van der Waals surface area contributed by atoms with Gasteiger partial charge < -0.3 is 10.3 Å². The van der Waals surface area contributed by atoms with Crippen LogP contribution in [0.25, 0.3) is 0 Å². The molecule has 2 aromatic rings. The zero-order valence-corrected chi connectivity index (χ0v) is 11.0. The average molecular weight is 263 g/mol. The quantitative estimate of drug-likeness (QED) is 0.869. The zero-order chi connectivity index (χ0) is 13.7. The molecule has 1 heterocycles. The molecule has 1 aromatic heterocycles. The highest BCUT2D eigenvalue weighted by molar-refractivity contribution is 5.19. The number of hydrogen-bond donors (Lipinski definition) is 1. The molecule has 0 aliphatic rings. The number of aryl methyl sites for hydroxylation is 1. The molecule has 0 bridgehead atoms. The van der Waals surface area contributed by atoms with Crippen LogP contribution < -0.4 is 5.73 Å². The van der Waals surface area contributed by atoms with Crippen LogP contribution in [0.15, 0.2) is 28.8 Å². The van der Waals surface area contributed by atoms with E-state index in [0.717, 1.165) is 24.8 Å². The van der Waals surface area contributed by atoms with Crippen LogP contribution in [0.2, 0.25) is 0 Å². The Balaban J connectivity index is 1.90. The van der Waals surface area contributed by atoms with Gasteiger partial charge >= 0.3 is 0 Å². The Kier molecular flexibility index (Phi) is 4.63. The molecule has 0 spiro atoms. The second-order valence-corrected chi connectivity index (χ2v) is 4.78. The van der Waals surface area contributed by atoms with Crippen molar-refractivity contribution in [2.45, 2.75) is 38.6 Å². The van der Waals surface area contributed by atoms with E-state index < -0.39 is 0 Å². The maximum atomic E-state index is 13.0. The predicted molar refractivity (Wildman–Crippen MR) is 70.1 cm³/mol. The van der Waals surface area contributed by atoms with Crippen molar-refractivity contribution in [2.24, 2.45) is 5.73 Å². The van der Waals surface area contributed by atoms with Crippen LogP contribution in [0.5, 0.6) is 0 Å². The van der Waals surface area contributed by atoms with E-state index in [4.69, 9.17) is 10.3 Å². The van der Waals surface area contributed by atoms with E-state index in [9.17, 15) is 4.39 Å². The van der Waals surface area contributed by atoms with Crippen LogP contribution in [0.4, 0.5) is 4.39 Å². The fourth-order valence-corrected chi connectivity index (χ4v) is 1.87. The molecule has 0 amide bonds. The van der Waals surface area contributed by atoms with Crippen LogP contribution in [0.3, 0.4) is 0 Å². The van der Waals surface area contributed by atoms with Gasteiger partial charge in [-0.3, -0.25) is 0 Å². The van der Waals surface area contributed by atoms with Crippen molar-refractivity contribution in [3.8, 4) is 0 Å². The molecule has 0 saturated carbocycles. The van der Waals surface area contributed by atoms with Gasteiger partial charge in [0.1, 0.15) is 5.82 Å². The van der Waals surface area contributed by atoms with Gasteiger partial charge in [0.05, 0.1) is 0 Å². The Morgan fingerprint density at radius 3 is 3.00 bits per heavy atom. The SMILES string of the molecule is CC(N)CCCc1nc(Cc2cccc(F)c2)no1. The Morgan fingerprint density at radius 1 is 1.42 bits per heavy atom. The second-order valence-electron chi connectivity index (χ2n) is 4.78. The van der Waals surface area contributed by atoms with Crippen molar-refractivity contribution in [3.63, 3.8) is 0 Å². The van der Waals surface area contributed by atoms with Gasteiger partial charge in [0.15, 0.2) is 5.82 Å². The summed E-state index contributed by atoms with van der Waals surface area (Å²) < 4.78 is 18.2. The lowest BCUT2D eigenvalue weighted by Gasteiger charge is -2.00. The Labute approximate surface area is 111 Å². The molecule has 0 aliphatic heterocycles. The molecule has 19 heavy (non-hydrogen) atoms. The summed E-state index contributed by atoms with van der Waals surface area (Å²) in [4.78, 5) is 4.29. The highest BCUT2D eigenvalue weighted by atomic mass is 19.1. The van der Waals surface area contributed by atoms with Gasteiger partial charge in [-0.25, -0.2) is 4.39 Å². The number of aromatic nitrogens is 2. The summed E-state index contributed by atoms with van der Waals surface area (Å²) in [5, 5.41) is 3.90. The van der Waals surface area contributed by atoms with E-state index >= 15 is 0 Å². The summed E-state index contributed by atoms with van der Waals surface area (Å²) >= 11 is 0. The molecule has 0 radical (unpaired) electrons. The van der Waals surface area contributed by atoms with Gasteiger partial charge in [0.25, 0.3) is 0 Å². The average Bonchev–Trinajstić information content (AvgIpc) is 2.76.